The molecule has 8 heteroatoms. The molecular formula is C19H21F3N2O2S. The molecule has 0 radical (unpaired) electrons. The van der Waals surface area contributed by atoms with Crippen molar-refractivity contribution in [1.29, 1.82) is 0 Å². The quantitative estimate of drug-likeness (QED) is 0.813. The van der Waals surface area contributed by atoms with Gasteiger partial charge in [0.05, 0.1) is 12.6 Å². The van der Waals surface area contributed by atoms with Crippen LogP contribution in [0, 0.1) is 5.82 Å². The Hall–Kier alpha value is -2.19. The zero-order valence-corrected chi connectivity index (χ0v) is 15.5. The number of benzene rings is 2. The van der Waals surface area contributed by atoms with Gasteiger partial charge in [0.1, 0.15) is 18.2 Å². The number of hydrogen-bond donors (Lipinski definition) is 1. The SMILES string of the molecule is NC(=O)[C@@H]1CC(F)(F)CN1Cc1ccc(OCc2cccc(F)c2)cc1.S. The first kappa shape index (κ1) is 21.1. The number of rotatable bonds is 6. The molecule has 0 bridgehead atoms. The molecule has 0 aromatic heterocycles. The van der Waals surface area contributed by atoms with Gasteiger partial charge in [0, 0.05) is 13.0 Å². The monoisotopic (exact) mass is 398 g/mol. The van der Waals surface area contributed by atoms with Gasteiger partial charge in [0.25, 0.3) is 5.92 Å². The van der Waals surface area contributed by atoms with E-state index in [1.807, 2.05) is 0 Å². The maximum atomic E-state index is 13.6. The summed E-state index contributed by atoms with van der Waals surface area (Å²) in [5.74, 6) is -3.39. The molecule has 1 amide bonds. The van der Waals surface area contributed by atoms with Gasteiger partial charge in [-0.05, 0) is 35.4 Å². The van der Waals surface area contributed by atoms with Gasteiger partial charge < -0.3 is 10.5 Å². The minimum Gasteiger partial charge on any atom is -0.489 e. The number of ether oxygens (including phenoxy) is 1. The maximum absolute atomic E-state index is 13.6. The Morgan fingerprint density at radius 3 is 2.52 bits per heavy atom. The largest absolute Gasteiger partial charge is 0.489 e. The third kappa shape index (κ3) is 5.64. The lowest BCUT2D eigenvalue weighted by Gasteiger charge is -2.21. The minimum absolute atomic E-state index is 0. The molecule has 1 saturated heterocycles. The molecule has 0 spiro atoms. The van der Waals surface area contributed by atoms with Crippen molar-refractivity contribution in [2.24, 2.45) is 5.73 Å². The van der Waals surface area contributed by atoms with Crippen LogP contribution in [0.1, 0.15) is 17.5 Å². The number of nitrogens with zero attached hydrogens (tertiary/aromatic N) is 1. The number of amides is 1. The van der Waals surface area contributed by atoms with Crippen LogP contribution in [0.3, 0.4) is 0 Å². The highest BCUT2D eigenvalue weighted by molar-refractivity contribution is 7.59. The molecule has 0 unspecified atom stereocenters. The van der Waals surface area contributed by atoms with Gasteiger partial charge in [-0.1, -0.05) is 24.3 Å². The molecule has 0 saturated carbocycles. The van der Waals surface area contributed by atoms with Gasteiger partial charge in [-0.25, -0.2) is 13.2 Å². The van der Waals surface area contributed by atoms with Crippen LogP contribution in [0.5, 0.6) is 5.75 Å². The fourth-order valence-electron chi connectivity index (χ4n) is 3.05. The van der Waals surface area contributed by atoms with E-state index in [1.54, 1.807) is 36.4 Å². The molecule has 1 aliphatic heterocycles. The van der Waals surface area contributed by atoms with Crippen molar-refractivity contribution < 1.29 is 22.7 Å². The number of carbonyl (C=O) groups excluding carboxylic acids is 1. The van der Waals surface area contributed by atoms with Crippen LogP contribution < -0.4 is 10.5 Å². The van der Waals surface area contributed by atoms with Crippen molar-refractivity contribution in [3.8, 4) is 5.75 Å². The molecule has 27 heavy (non-hydrogen) atoms. The Bertz CT molecular complexity index is 787. The van der Waals surface area contributed by atoms with Crippen molar-refractivity contribution in [2.75, 3.05) is 6.54 Å². The van der Waals surface area contributed by atoms with Crippen molar-refractivity contribution in [1.82, 2.24) is 4.90 Å². The second-order valence-corrected chi connectivity index (χ2v) is 6.45. The fourth-order valence-corrected chi connectivity index (χ4v) is 3.05. The second kappa shape index (κ2) is 8.67. The zero-order valence-electron chi connectivity index (χ0n) is 14.5. The lowest BCUT2D eigenvalue weighted by atomic mass is 10.1. The average Bonchev–Trinajstić information content (AvgIpc) is 2.89. The Labute approximate surface area is 162 Å². The van der Waals surface area contributed by atoms with E-state index in [2.05, 4.69) is 0 Å². The highest BCUT2D eigenvalue weighted by Gasteiger charge is 2.47. The predicted molar refractivity (Wildman–Crippen MR) is 101 cm³/mol. The van der Waals surface area contributed by atoms with Crippen molar-refractivity contribution >= 4 is 19.4 Å². The topological polar surface area (TPSA) is 55.6 Å². The first-order valence-electron chi connectivity index (χ1n) is 8.20. The fraction of sp³-hybridized carbons (Fsp3) is 0.316. The number of nitrogens with two attached hydrogens (primary N) is 1. The molecule has 2 aromatic carbocycles. The van der Waals surface area contributed by atoms with E-state index in [-0.39, 0.29) is 32.5 Å². The molecule has 4 nitrogen and oxygen atoms in total. The molecule has 1 atom stereocenters. The smallest absolute Gasteiger partial charge is 0.262 e. The Morgan fingerprint density at radius 2 is 1.89 bits per heavy atom. The molecular weight excluding hydrogens is 377 g/mol. The lowest BCUT2D eigenvalue weighted by Crippen LogP contribution is -2.39. The van der Waals surface area contributed by atoms with Crippen LogP contribution in [0.4, 0.5) is 13.2 Å². The van der Waals surface area contributed by atoms with Crippen LogP contribution in [0.2, 0.25) is 0 Å². The first-order chi connectivity index (χ1) is 12.3. The zero-order chi connectivity index (χ0) is 18.7. The number of hydrogen-bond acceptors (Lipinski definition) is 3. The standard InChI is InChI=1S/C19H19F3N2O2.H2S/c20-15-3-1-2-14(8-15)11-26-16-6-4-13(5-7-16)10-24-12-19(21,22)9-17(24)18(23)25;/h1-8,17H,9-12H2,(H2,23,25);1H2/t17-;/m0./s1. The number of likely N-dealkylation sites (tertiary alicyclic amines) is 1. The van der Waals surface area contributed by atoms with Gasteiger partial charge >= 0.3 is 0 Å². The molecule has 146 valence electrons. The molecule has 1 fully saturated rings. The summed E-state index contributed by atoms with van der Waals surface area (Å²) in [6, 6.07) is 12.1. The van der Waals surface area contributed by atoms with Gasteiger partial charge in [-0.3, -0.25) is 9.69 Å². The summed E-state index contributed by atoms with van der Waals surface area (Å²) in [5, 5.41) is 0. The maximum Gasteiger partial charge on any atom is 0.262 e. The van der Waals surface area contributed by atoms with Crippen LogP contribution in [0.25, 0.3) is 0 Å². The predicted octanol–water partition coefficient (Wildman–Crippen LogP) is 3.21. The van der Waals surface area contributed by atoms with Crippen molar-refractivity contribution in [3.63, 3.8) is 0 Å². The Morgan fingerprint density at radius 1 is 1.19 bits per heavy atom. The Balaban J connectivity index is 0.00000261. The van der Waals surface area contributed by atoms with Crippen molar-refractivity contribution in [2.45, 2.75) is 31.5 Å². The van der Waals surface area contributed by atoms with E-state index < -0.39 is 30.8 Å². The third-order valence-electron chi connectivity index (χ3n) is 4.30. The number of halogens is 3. The summed E-state index contributed by atoms with van der Waals surface area (Å²) in [6.45, 7) is -0.0645. The van der Waals surface area contributed by atoms with Crippen LogP contribution in [0.15, 0.2) is 48.5 Å². The molecule has 0 aliphatic carbocycles. The average molecular weight is 398 g/mol. The summed E-state index contributed by atoms with van der Waals surface area (Å²) in [6.07, 6.45) is -0.544. The highest BCUT2D eigenvalue weighted by atomic mass is 32.1. The summed E-state index contributed by atoms with van der Waals surface area (Å²) in [7, 11) is 0. The highest BCUT2D eigenvalue weighted by Crippen LogP contribution is 2.33. The number of primary amides is 1. The summed E-state index contributed by atoms with van der Waals surface area (Å²) < 4.78 is 45.9. The second-order valence-electron chi connectivity index (χ2n) is 6.45. The van der Waals surface area contributed by atoms with Crippen LogP contribution in [-0.4, -0.2) is 29.3 Å². The van der Waals surface area contributed by atoms with E-state index in [4.69, 9.17) is 10.5 Å². The van der Waals surface area contributed by atoms with Crippen LogP contribution >= 0.6 is 13.5 Å². The van der Waals surface area contributed by atoms with Crippen LogP contribution in [-0.2, 0) is 17.9 Å². The van der Waals surface area contributed by atoms with Gasteiger partial charge in [-0.15, -0.1) is 0 Å². The molecule has 1 aliphatic rings. The summed E-state index contributed by atoms with van der Waals surface area (Å²) in [4.78, 5) is 12.8. The Kier molecular flexibility index (Phi) is 6.78. The van der Waals surface area contributed by atoms with Crippen molar-refractivity contribution in [3.05, 3.63) is 65.5 Å². The van der Waals surface area contributed by atoms with Gasteiger partial charge in [0.15, 0.2) is 0 Å². The van der Waals surface area contributed by atoms with Gasteiger partial charge in [0.2, 0.25) is 5.91 Å². The molecule has 2 aromatic rings. The molecule has 1 heterocycles. The van der Waals surface area contributed by atoms with Gasteiger partial charge in [-0.2, -0.15) is 13.5 Å². The van der Waals surface area contributed by atoms with E-state index in [1.165, 1.54) is 17.0 Å². The van der Waals surface area contributed by atoms with E-state index >= 15 is 0 Å². The van der Waals surface area contributed by atoms with E-state index in [0.29, 0.717) is 11.3 Å². The van der Waals surface area contributed by atoms with E-state index in [9.17, 15) is 18.0 Å². The summed E-state index contributed by atoms with van der Waals surface area (Å²) >= 11 is 0. The third-order valence-corrected chi connectivity index (χ3v) is 4.30. The lowest BCUT2D eigenvalue weighted by molar-refractivity contribution is -0.122. The number of carbonyl (C=O) groups is 1. The molecule has 3 rings (SSSR count). The molecule has 2 N–H and O–H groups in total. The summed E-state index contributed by atoms with van der Waals surface area (Å²) in [5.41, 5.74) is 6.71. The van der Waals surface area contributed by atoms with E-state index in [0.717, 1.165) is 5.56 Å². The minimum atomic E-state index is -2.91. The number of alkyl halides is 2. The first-order valence-corrected chi connectivity index (χ1v) is 8.20. The normalized spacial score (nSPS) is 18.7.